The maximum Gasteiger partial charge on any atom is 0.490 e. The molecule has 0 spiro atoms. The van der Waals surface area contributed by atoms with Gasteiger partial charge < -0.3 is 31.1 Å². The third-order valence-electron chi connectivity index (χ3n) is 4.28. The SMILES string of the molecule is CC(C)Oc1ccc2c(Cl)nc(C(=O)NC(CCCCN)C(=O)O)c(O)c2c1.O=C(O)C(F)(F)F. The number of carbonyl (C=O) groups excluding carboxylic acids is 1. The molecule has 0 aliphatic carbocycles. The van der Waals surface area contributed by atoms with E-state index in [-0.39, 0.29) is 23.4 Å². The van der Waals surface area contributed by atoms with Crippen molar-refractivity contribution >= 4 is 40.2 Å². The Kier molecular flexibility index (Phi) is 11.0. The zero-order valence-electron chi connectivity index (χ0n) is 18.7. The molecule has 14 heteroatoms. The Morgan fingerprint density at radius 1 is 1.17 bits per heavy atom. The number of carboxylic acids is 2. The average molecular weight is 524 g/mol. The normalized spacial score (nSPS) is 12.0. The van der Waals surface area contributed by atoms with Crippen LogP contribution in [-0.2, 0) is 9.59 Å². The van der Waals surface area contributed by atoms with E-state index in [0.29, 0.717) is 35.9 Å². The smallest absolute Gasteiger partial charge is 0.490 e. The van der Waals surface area contributed by atoms with Crippen LogP contribution in [-0.4, -0.2) is 63.0 Å². The topological polar surface area (TPSA) is 172 Å². The molecule has 0 saturated heterocycles. The molecule has 0 aliphatic heterocycles. The summed E-state index contributed by atoms with van der Waals surface area (Å²) in [6, 6.07) is 3.76. The lowest BCUT2D eigenvalue weighted by molar-refractivity contribution is -0.192. The van der Waals surface area contributed by atoms with Crippen molar-refractivity contribution in [2.75, 3.05) is 6.54 Å². The molecule has 1 aromatic heterocycles. The van der Waals surface area contributed by atoms with E-state index in [0.717, 1.165) is 0 Å². The maximum absolute atomic E-state index is 12.6. The predicted molar refractivity (Wildman–Crippen MR) is 120 cm³/mol. The van der Waals surface area contributed by atoms with E-state index < -0.39 is 35.8 Å². The molecule has 0 saturated carbocycles. The van der Waals surface area contributed by atoms with Gasteiger partial charge in [0.15, 0.2) is 11.4 Å². The Hall–Kier alpha value is -3.32. The van der Waals surface area contributed by atoms with Crippen molar-refractivity contribution in [3.05, 3.63) is 29.0 Å². The first kappa shape index (κ1) is 29.7. The summed E-state index contributed by atoms with van der Waals surface area (Å²) in [5.41, 5.74) is 5.07. The number of nitrogens with zero attached hydrogens (tertiary/aromatic N) is 1. The monoisotopic (exact) mass is 523 g/mol. The Balaban J connectivity index is 0.000000762. The number of hydrogen-bond acceptors (Lipinski definition) is 7. The van der Waals surface area contributed by atoms with Gasteiger partial charge in [0, 0.05) is 10.8 Å². The molecule has 1 heterocycles. The quantitative estimate of drug-likeness (QED) is 0.244. The second-order valence-electron chi connectivity index (χ2n) is 7.43. The summed E-state index contributed by atoms with van der Waals surface area (Å²) in [4.78, 5) is 36.8. The molecule has 6 N–H and O–H groups in total. The first-order chi connectivity index (χ1) is 16.2. The Labute approximate surface area is 202 Å². The van der Waals surface area contributed by atoms with Crippen molar-refractivity contribution in [1.29, 1.82) is 0 Å². The molecule has 1 aromatic carbocycles. The van der Waals surface area contributed by atoms with E-state index in [2.05, 4.69) is 10.3 Å². The molecule has 1 atom stereocenters. The number of aromatic hydroxyl groups is 1. The van der Waals surface area contributed by atoms with Gasteiger partial charge in [0.25, 0.3) is 5.91 Å². The molecule has 1 unspecified atom stereocenters. The van der Waals surface area contributed by atoms with Gasteiger partial charge in [-0.3, -0.25) is 4.79 Å². The number of hydrogen-bond donors (Lipinski definition) is 5. The van der Waals surface area contributed by atoms with Crippen molar-refractivity contribution in [3.63, 3.8) is 0 Å². The average Bonchev–Trinajstić information content (AvgIpc) is 2.74. The Morgan fingerprint density at radius 2 is 1.77 bits per heavy atom. The van der Waals surface area contributed by atoms with Gasteiger partial charge in [-0.1, -0.05) is 11.6 Å². The number of halogens is 4. The fourth-order valence-electron chi connectivity index (χ4n) is 2.72. The third kappa shape index (κ3) is 9.09. The maximum atomic E-state index is 12.6. The van der Waals surface area contributed by atoms with Crippen LogP contribution in [0.4, 0.5) is 13.2 Å². The highest BCUT2D eigenvalue weighted by Gasteiger charge is 2.38. The zero-order chi connectivity index (χ0) is 26.9. The second kappa shape index (κ2) is 13.0. The number of carboxylic acid groups (broad SMARTS) is 2. The molecule has 194 valence electrons. The number of nitrogens with one attached hydrogen (secondary N) is 1. The number of rotatable bonds is 9. The van der Waals surface area contributed by atoms with Gasteiger partial charge in [-0.05, 0) is 57.9 Å². The van der Waals surface area contributed by atoms with Crippen molar-refractivity contribution in [1.82, 2.24) is 10.3 Å². The molecule has 0 radical (unpaired) electrons. The highest BCUT2D eigenvalue weighted by atomic mass is 35.5. The van der Waals surface area contributed by atoms with Crippen LogP contribution in [0.15, 0.2) is 18.2 Å². The zero-order valence-corrected chi connectivity index (χ0v) is 19.5. The second-order valence-corrected chi connectivity index (χ2v) is 7.78. The molecule has 10 nitrogen and oxygen atoms in total. The lowest BCUT2D eigenvalue weighted by atomic mass is 10.1. The number of unbranched alkanes of at least 4 members (excludes halogenated alkanes) is 1. The van der Waals surface area contributed by atoms with Crippen LogP contribution in [0.2, 0.25) is 5.15 Å². The predicted octanol–water partition coefficient (Wildman–Crippen LogP) is 3.33. The molecule has 0 fully saturated rings. The van der Waals surface area contributed by atoms with Crippen molar-refractivity contribution in [2.45, 2.75) is 51.4 Å². The number of nitrogens with two attached hydrogens (primary N) is 1. The summed E-state index contributed by atoms with van der Waals surface area (Å²) in [5, 5.41) is 30.1. The van der Waals surface area contributed by atoms with Crippen LogP contribution in [0.3, 0.4) is 0 Å². The molecule has 0 bridgehead atoms. The van der Waals surface area contributed by atoms with Crippen LogP contribution >= 0.6 is 11.6 Å². The molecule has 0 aliphatic rings. The Morgan fingerprint density at radius 3 is 2.26 bits per heavy atom. The van der Waals surface area contributed by atoms with Gasteiger partial charge in [-0.15, -0.1) is 0 Å². The summed E-state index contributed by atoms with van der Waals surface area (Å²) < 4.78 is 37.3. The number of aliphatic carboxylic acids is 2. The van der Waals surface area contributed by atoms with Gasteiger partial charge in [0.05, 0.1) is 6.10 Å². The first-order valence-corrected chi connectivity index (χ1v) is 10.6. The summed E-state index contributed by atoms with van der Waals surface area (Å²) >= 11 is 6.16. The molecular formula is C21H25ClF3N3O7. The van der Waals surface area contributed by atoms with Crippen LogP contribution in [0.5, 0.6) is 11.5 Å². The highest BCUT2D eigenvalue weighted by molar-refractivity contribution is 6.35. The number of fused-ring (bicyclic) bond motifs is 1. The van der Waals surface area contributed by atoms with Crippen LogP contribution in [0.25, 0.3) is 10.8 Å². The minimum absolute atomic E-state index is 0.0176. The standard InChI is InChI=1S/C19H24ClN3O5.C2HF3O2/c1-10(2)28-11-6-7-12-13(9-11)16(24)15(23-17(12)20)18(25)22-14(19(26)27)5-3-4-8-21;3-2(4,5)1(6)7/h6-7,9-10,14,24H,3-5,8,21H2,1-2H3,(H,22,25)(H,26,27);(H,6,7). The van der Waals surface area contributed by atoms with E-state index in [1.54, 1.807) is 18.2 Å². The van der Waals surface area contributed by atoms with E-state index in [4.69, 9.17) is 32.0 Å². The largest absolute Gasteiger partial charge is 0.505 e. The number of benzene rings is 1. The Bertz CT molecular complexity index is 1060. The van der Waals surface area contributed by atoms with Crippen LogP contribution in [0.1, 0.15) is 43.6 Å². The van der Waals surface area contributed by atoms with Gasteiger partial charge in [0.2, 0.25) is 0 Å². The van der Waals surface area contributed by atoms with E-state index in [9.17, 15) is 33.0 Å². The summed E-state index contributed by atoms with van der Waals surface area (Å²) in [6.45, 7) is 4.15. The van der Waals surface area contributed by atoms with Gasteiger partial charge in [-0.25, -0.2) is 14.6 Å². The minimum Gasteiger partial charge on any atom is -0.505 e. The fourth-order valence-corrected chi connectivity index (χ4v) is 2.97. The molecule has 2 aromatic rings. The summed E-state index contributed by atoms with van der Waals surface area (Å²) in [6.07, 6.45) is -3.76. The van der Waals surface area contributed by atoms with E-state index in [1.165, 1.54) is 0 Å². The number of pyridine rings is 1. The van der Waals surface area contributed by atoms with Gasteiger partial charge >= 0.3 is 18.1 Å². The minimum atomic E-state index is -5.08. The molecule has 2 rings (SSSR count). The van der Waals surface area contributed by atoms with Gasteiger partial charge in [-0.2, -0.15) is 13.2 Å². The molecular weight excluding hydrogens is 499 g/mol. The lowest BCUT2D eigenvalue weighted by Crippen LogP contribution is -2.41. The van der Waals surface area contributed by atoms with Gasteiger partial charge in [0.1, 0.15) is 16.9 Å². The number of carbonyl (C=O) groups is 3. The number of alkyl halides is 3. The van der Waals surface area contributed by atoms with Crippen LogP contribution < -0.4 is 15.8 Å². The highest BCUT2D eigenvalue weighted by Crippen LogP contribution is 2.34. The number of ether oxygens (including phenoxy) is 1. The third-order valence-corrected chi connectivity index (χ3v) is 4.57. The molecule has 1 amide bonds. The summed E-state index contributed by atoms with van der Waals surface area (Å²) in [7, 11) is 0. The number of aromatic nitrogens is 1. The van der Waals surface area contributed by atoms with Crippen molar-refractivity contribution in [3.8, 4) is 11.5 Å². The fraction of sp³-hybridized carbons (Fsp3) is 0.429. The number of amides is 1. The molecule has 35 heavy (non-hydrogen) atoms. The van der Waals surface area contributed by atoms with Crippen molar-refractivity contribution < 1.29 is 47.6 Å². The lowest BCUT2D eigenvalue weighted by Gasteiger charge is -2.16. The summed E-state index contributed by atoms with van der Waals surface area (Å²) in [5.74, 6) is -4.65. The first-order valence-electron chi connectivity index (χ1n) is 10.2. The van der Waals surface area contributed by atoms with Crippen LogP contribution in [0, 0.1) is 0 Å². The van der Waals surface area contributed by atoms with E-state index in [1.807, 2.05) is 13.8 Å². The van der Waals surface area contributed by atoms with Crippen molar-refractivity contribution in [2.24, 2.45) is 5.73 Å². The van der Waals surface area contributed by atoms with E-state index >= 15 is 0 Å².